The number of hydrogen-bond donors (Lipinski definition) is 3. The largest absolute Gasteiger partial charge is 0.383 e. The molecular formula is C21H25N7O. The second-order valence-corrected chi connectivity index (χ2v) is 7.43. The van der Waals surface area contributed by atoms with Gasteiger partial charge >= 0.3 is 0 Å². The van der Waals surface area contributed by atoms with Crippen LogP contribution in [0, 0.1) is 5.92 Å². The molecule has 0 bridgehead atoms. The number of aromatic nitrogens is 3. The number of fused-ring (bicyclic) bond motifs is 1. The fourth-order valence-electron chi connectivity index (χ4n) is 3.66. The predicted octanol–water partition coefficient (Wildman–Crippen LogP) is 2.61. The molecule has 1 amide bonds. The summed E-state index contributed by atoms with van der Waals surface area (Å²) in [5, 5.41) is 7.90. The van der Waals surface area contributed by atoms with Crippen LogP contribution in [0.2, 0.25) is 0 Å². The molecule has 1 aliphatic heterocycles. The van der Waals surface area contributed by atoms with Crippen molar-refractivity contribution in [3.63, 3.8) is 0 Å². The highest BCUT2D eigenvalue weighted by atomic mass is 16.1. The van der Waals surface area contributed by atoms with E-state index in [1.807, 2.05) is 24.3 Å². The van der Waals surface area contributed by atoms with E-state index < -0.39 is 0 Å². The van der Waals surface area contributed by atoms with Gasteiger partial charge in [0.05, 0.1) is 0 Å². The van der Waals surface area contributed by atoms with Gasteiger partial charge in [0.2, 0.25) is 0 Å². The third kappa shape index (κ3) is 4.27. The first kappa shape index (κ1) is 19.1. The molecule has 4 N–H and O–H groups in total. The molecule has 3 aromatic rings. The van der Waals surface area contributed by atoms with Gasteiger partial charge in [-0.1, -0.05) is 12.1 Å². The summed E-state index contributed by atoms with van der Waals surface area (Å²) in [5.41, 5.74) is 6.89. The highest BCUT2D eigenvalue weighted by molar-refractivity contribution is 6.11. The Bertz CT molecular complexity index is 1010. The van der Waals surface area contributed by atoms with Crippen molar-refractivity contribution in [2.45, 2.75) is 12.8 Å². The maximum Gasteiger partial charge on any atom is 0.278 e. The van der Waals surface area contributed by atoms with Crippen molar-refractivity contribution in [2.24, 2.45) is 5.92 Å². The van der Waals surface area contributed by atoms with E-state index in [1.165, 1.54) is 6.20 Å². The highest BCUT2D eigenvalue weighted by Gasteiger charge is 2.19. The third-order valence-electron chi connectivity index (χ3n) is 5.39. The van der Waals surface area contributed by atoms with E-state index in [-0.39, 0.29) is 11.6 Å². The Kier molecular flexibility index (Phi) is 5.53. The molecule has 3 heterocycles. The Morgan fingerprint density at radius 3 is 2.72 bits per heavy atom. The number of pyridine rings is 1. The van der Waals surface area contributed by atoms with Crippen LogP contribution < -0.4 is 16.4 Å². The smallest absolute Gasteiger partial charge is 0.278 e. The van der Waals surface area contributed by atoms with Crippen LogP contribution in [0.1, 0.15) is 23.3 Å². The quantitative estimate of drug-likeness (QED) is 0.613. The Balaban J connectivity index is 1.50. The van der Waals surface area contributed by atoms with E-state index >= 15 is 0 Å². The lowest BCUT2D eigenvalue weighted by molar-refractivity contribution is 0.102. The fraction of sp³-hybridized carbons (Fsp3) is 0.333. The van der Waals surface area contributed by atoms with Crippen LogP contribution in [0.3, 0.4) is 0 Å². The van der Waals surface area contributed by atoms with Crippen molar-refractivity contribution in [3.8, 4) is 0 Å². The number of amides is 1. The Morgan fingerprint density at radius 2 is 1.90 bits per heavy atom. The van der Waals surface area contributed by atoms with Gasteiger partial charge < -0.3 is 21.3 Å². The number of rotatable bonds is 5. The van der Waals surface area contributed by atoms with Gasteiger partial charge in [-0.05, 0) is 51.0 Å². The van der Waals surface area contributed by atoms with Crippen LogP contribution >= 0.6 is 0 Å². The molecule has 150 valence electrons. The first-order valence-electron chi connectivity index (χ1n) is 9.80. The van der Waals surface area contributed by atoms with Gasteiger partial charge in [-0.25, -0.2) is 15.0 Å². The number of piperidine rings is 1. The summed E-state index contributed by atoms with van der Waals surface area (Å²) < 4.78 is 0. The molecule has 0 radical (unpaired) electrons. The maximum atomic E-state index is 13.0. The number of benzene rings is 1. The van der Waals surface area contributed by atoms with Crippen molar-refractivity contribution in [2.75, 3.05) is 43.0 Å². The number of likely N-dealkylation sites (tertiary alicyclic amines) is 1. The van der Waals surface area contributed by atoms with Gasteiger partial charge in [0.25, 0.3) is 5.91 Å². The number of nitrogen functional groups attached to an aromatic ring is 1. The van der Waals surface area contributed by atoms with Gasteiger partial charge in [-0.15, -0.1) is 0 Å². The van der Waals surface area contributed by atoms with Crippen LogP contribution in [0.4, 0.5) is 17.3 Å². The third-order valence-corrected chi connectivity index (χ3v) is 5.39. The Hall–Kier alpha value is -3.26. The molecule has 1 saturated heterocycles. The van der Waals surface area contributed by atoms with Crippen LogP contribution in [0.15, 0.2) is 42.9 Å². The maximum absolute atomic E-state index is 13.0. The van der Waals surface area contributed by atoms with Crippen LogP contribution in [-0.4, -0.2) is 52.4 Å². The minimum Gasteiger partial charge on any atom is -0.383 e. The number of carbonyl (C=O) groups is 1. The van der Waals surface area contributed by atoms with Gasteiger partial charge in [-0.3, -0.25) is 4.79 Å². The first-order valence-corrected chi connectivity index (χ1v) is 9.80. The van der Waals surface area contributed by atoms with Crippen LogP contribution in [0.5, 0.6) is 0 Å². The average molecular weight is 391 g/mol. The number of hydrogen-bond acceptors (Lipinski definition) is 7. The topological polar surface area (TPSA) is 109 Å². The zero-order valence-electron chi connectivity index (χ0n) is 16.4. The monoisotopic (exact) mass is 391 g/mol. The summed E-state index contributed by atoms with van der Waals surface area (Å²) in [4.78, 5) is 28.0. The van der Waals surface area contributed by atoms with Crippen molar-refractivity contribution in [1.82, 2.24) is 19.9 Å². The number of anilines is 3. The zero-order chi connectivity index (χ0) is 20.2. The molecule has 1 fully saturated rings. The number of nitrogens with zero attached hydrogens (tertiary/aromatic N) is 4. The molecule has 8 nitrogen and oxygen atoms in total. The molecule has 29 heavy (non-hydrogen) atoms. The van der Waals surface area contributed by atoms with Crippen molar-refractivity contribution >= 4 is 34.0 Å². The van der Waals surface area contributed by atoms with Gasteiger partial charge in [-0.2, -0.15) is 0 Å². The fourth-order valence-corrected chi connectivity index (χ4v) is 3.66. The normalized spacial score (nSPS) is 15.3. The minimum absolute atomic E-state index is 0.277. The molecule has 0 saturated carbocycles. The van der Waals surface area contributed by atoms with Crippen LogP contribution in [0.25, 0.3) is 10.8 Å². The highest BCUT2D eigenvalue weighted by Crippen LogP contribution is 2.27. The summed E-state index contributed by atoms with van der Waals surface area (Å²) in [6, 6.07) is 7.38. The standard InChI is InChI=1S/C21H25N7O/c1-28-11-6-14(7-12-28)13-26-20-18(23-9-10-25-20)21(29)27-17-4-2-3-16-15(17)5-8-24-19(16)22/h2-5,8-10,14H,6-7,11-13H2,1H3,(H2,22,24)(H,25,26)(H,27,29). The molecule has 1 aromatic carbocycles. The molecule has 2 aromatic heterocycles. The van der Waals surface area contributed by atoms with Gasteiger partial charge in [0.15, 0.2) is 11.5 Å². The van der Waals surface area contributed by atoms with E-state index in [9.17, 15) is 4.79 Å². The first-order chi connectivity index (χ1) is 14.1. The lowest BCUT2D eigenvalue weighted by Crippen LogP contribution is -2.33. The minimum atomic E-state index is -0.313. The predicted molar refractivity (Wildman–Crippen MR) is 115 cm³/mol. The summed E-state index contributed by atoms with van der Waals surface area (Å²) in [6.45, 7) is 2.97. The van der Waals surface area contributed by atoms with Gasteiger partial charge in [0, 0.05) is 41.6 Å². The molecular weight excluding hydrogens is 366 g/mol. The molecule has 1 aliphatic rings. The molecule has 0 aliphatic carbocycles. The second-order valence-electron chi connectivity index (χ2n) is 7.43. The SMILES string of the molecule is CN1CCC(CNc2nccnc2C(=O)Nc2cccc3c(N)nccc23)CC1. The number of carbonyl (C=O) groups excluding carboxylic acids is 1. The van der Waals surface area contributed by atoms with E-state index in [0.29, 0.717) is 23.2 Å². The molecule has 4 rings (SSSR count). The van der Waals surface area contributed by atoms with Crippen LogP contribution in [-0.2, 0) is 0 Å². The molecule has 0 unspecified atom stereocenters. The number of nitrogens with two attached hydrogens (primary N) is 1. The summed E-state index contributed by atoms with van der Waals surface area (Å²) >= 11 is 0. The Morgan fingerprint density at radius 1 is 1.10 bits per heavy atom. The van der Waals surface area contributed by atoms with E-state index in [4.69, 9.17) is 5.73 Å². The molecule has 0 atom stereocenters. The van der Waals surface area contributed by atoms with E-state index in [1.54, 1.807) is 12.4 Å². The Labute approximate surface area is 169 Å². The van der Waals surface area contributed by atoms with Crippen molar-refractivity contribution in [3.05, 3.63) is 48.5 Å². The zero-order valence-corrected chi connectivity index (χ0v) is 16.4. The van der Waals surface area contributed by atoms with Crippen molar-refractivity contribution < 1.29 is 4.79 Å². The van der Waals surface area contributed by atoms with Crippen molar-refractivity contribution in [1.29, 1.82) is 0 Å². The molecule has 8 heteroatoms. The second kappa shape index (κ2) is 8.40. The van der Waals surface area contributed by atoms with E-state index in [2.05, 4.69) is 37.5 Å². The molecule has 0 spiro atoms. The summed E-state index contributed by atoms with van der Waals surface area (Å²) in [5.74, 6) is 1.19. The summed E-state index contributed by atoms with van der Waals surface area (Å²) in [7, 11) is 2.14. The lowest BCUT2D eigenvalue weighted by Gasteiger charge is -2.29. The summed E-state index contributed by atoms with van der Waals surface area (Å²) in [6.07, 6.45) is 7.02. The average Bonchev–Trinajstić information content (AvgIpc) is 2.74. The van der Waals surface area contributed by atoms with E-state index in [0.717, 1.165) is 43.2 Å². The number of nitrogens with one attached hydrogen (secondary N) is 2. The van der Waals surface area contributed by atoms with Gasteiger partial charge in [0.1, 0.15) is 5.82 Å². The lowest BCUT2D eigenvalue weighted by atomic mass is 9.97.